The Kier molecular flexibility index (Phi) is 7.10. The first-order valence-electron chi connectivity index (χ1n) is 12.7. The van der Waals surface area contributed by atoms with Gasteiger partial charge in [0.15, 0.2) is 0 Å². The summed E-state index contributed by atoms with van der Waals surface area (Å²) in [6.07, 6.45) is 4.94. The molecule has 2 atom stereocenters. The van der Waals surface area contributed by atoms with E-state index >= 15 is 0 Å². The summed E-state index contributed by atoms with van der Waals surface area (Å²) in [5.41, 5.74) is 4.50. The normalized spacial score (nSPS) is 19.8. The van der Waals surface area contributed by atoms with Crippen LogP contribution in [0, 0.1) is 0 Å². The maximum Gasteiger partial charge on any atom is 0.409 e. The van der Waals surface area contributed by atoms with Crippen LogP contribution in [-0.2, 0) is 17.6 Å². The third kappa shape index (κ3) is 4.76. The summed E-state index contributed by atoms with van der Waals surface area (Å²) in [5, 5.41) is 1.61. The van der Waals surface area contributed by atoms with E-state index in [0.29, 0.717) is 37.7 Å². The molecule has 2 aliphatic rings. The predicted octanol–water partition coefficient (Wildman–Crippen LogP) is 5.25. The highest BCUT2D eigenvalue weighted by atomic mass is 35.5. The molecular weight excluding hydrogens is 476 g/mol. The van der Waals surface area contributed by atoms with Gasteiger partial charge in [-0.3, -0.25) is 14.8 Å². The maximum atomic E-state index is 13.4. The first-order valence-corrected chi connectivity index (χ1v) is 13.1. The lowest BCUT2D eigenvalue weighted by molar-refractivity contribution is 0.0414. The van der Waals surface area contributed by atoms with Crippen molar-refractivity contribution in [3.8, 4) is 0 Å². The summed E-state index contributed by atoms with van der Waals surface area (Å²) in [7, 11) is 0. The fraction of sp³-hybridized carbons (Fsp3) is 0.429. The number of hydrogen-bond acceptors (Lipinski definition) is 5. The van der Waals surface area contributed by atoms with E-state index in [0.717, 1.165) is 58.6 Å². The standard InChI is InChI=1S/C28H31ClN4O3/c1-3-14-36-28(35)32-12-13-33(18(2)17-32)27(34)20-8-10-22-25(16-20)31-24-15-19(7-9-21(24)26(22)29)23-6-4-5-11-30-23/h4-6,8,10-11,16,18-19H,3,7,9,12-15,17H2,1-2H3/t18-,19?/m0/s1. The summed E-state index contributed by atoms with van der Waals surface area (Å²) in [6, 6.07) is 11.5. The smallest absolute Gasteiger partial charge is 0.409 e. The monoisotopic (exact) mass is 506 g/mol. The molecule has 188 valence electrons. The number of carbonyl (C=O) groups is 2. The van der Waals surface area contributed by atoms with E-state index in [4.69, 9.17) is 21.3 Å². The van der Waals surface area contributed by atoms with Crippen molar-refractivity contribution in [2.45, 2.75) is 51.5 Å². The zero-order valence-electron chi connectivity index (χ0n) is 20.7. The number of nitrogens with zero attached hydrogens (tertiary/aromatic N) is 4. The highest BCUT2D eigenvalue weighted by molar-refractivity contribution is 6.36. The van der Waals surface area contributed by atoms with Gasteiger partial charge in [0.25, 0.3) is 5.91 Å². The van der Waals surface area contributed by atoms with Crippen molar-refractivity contribution < 1.29 is 14.3 Å². The Morgan fingerprint density at radius 1 is 1.19 bits per heavy atom. The number of carbonyl (C=O) groups excluding carboxylic acids is 2. The summed E-state index contributed by atoms with van der Waals surface area (Å²) >= 11 is 6.84. The molecule has 1 saturated heterocycles. The molecule has 2 amide bonds. The van der Waals surface area contributed by atoms with Gasteiger partial charge in [0.05, 0.1) is 17.1 Å². The minimum atomic E-state index is -0.311. The van der Waals surface area contributed by atoms with Crippen LogP contribution < -0.4 is 0 Å². The number of pyridine rings is 2. The van der Waals surface area contributed by atoms with Gasteiger partial charge < -0.3 is 14.5 Å². The van der Waals surface area contributed by atoms with Crippen LogP contribution in [0.3, 0.4) is 0 Å². The van der Waals surface area contributed by atoms with Crippen molar-refractivity contribution in [3.63, 3.8) is 0 Å². The molecule has 2 aromatic heterocycles. The molecular formula is C28H31ClN4O3. The molecule has 0 saturated carbocycles. The molecule has 0 N–H and O–H groups in total. The first kappa shape index (κ1) is 24.5. The molecule has 3 aromatic rings. The van der Waals surface area contributed by atoms with Crippen LogP contribution >= 0.6 is 11.6 Å². The Bertz CT molecular complexity index is 1280. The lowest BCUT2D eigenvalue weighted by Crippen LogP contribution is -2.55. The molecule has 0 bridgehead atoms. The van der Waals surface area contributed by atoms with Gasteiger partial charge in [-0.2, -0.15) is 0 Å². The first-order chi connectivity index (χ1) is 17.5. The van der Waals surface area contributed by atoms with Crippen molar-refractivity contribution in [1.82, 2.24) is 19.8 Å². The van der Waals surface area contributed by atoms with Crippen LogP contribution in [-0.4, -0.2) is 64.1 Å². The number of piperazine rings is 1. The fourth-order valence-corrected chi connectivity index (χ4v) is 5.63. The third-order valence-corrected chi connectivity index (χ3v) is 7.65. The van der Waals surface area contributed by atoms with Gasteiger partial charge in [-0.15, -0.1) is 0 Å². The van der Waals surface area contributed by atoms with Crippen LogP contribution in [0.15, 0.2) is 42.6 Å². The van der Waals surface area contributed by atoms with E-state index in [9.17, 15) is 9.59 Å². The second kappa shape index (κ2) is 10.4. The van der Waals surface area contributed by atoms with Gasteiger partial charge in [0.2, 0.25) is 0 Å². The number of rotatable bonds is 4. The number of fused-ring (bicyclic) bond motifs is 2. The molecule has 1 unspecified atom stereocenters. The van der Waals surface area contributed by atoms with Gasteiger partial charge in [-0.25, -0.2) is 4.79 Å². The van der Waals surface area contributed by atoms with Crippen molar-refractivity contribution in [2.24, 2.45) is 0 Å². The molecule has 1 aliphatic heterocycles. The Morgan fingerprint density at radius 2 is 2.06 bits per heavy atom. The van der Waals surface area contributed by atoms with Crippen LogP contribution in [0.2, 0.25) is 5.02 Å². The van der Waals surface area contributed by atoms with E-state index in [2.05, 4.69) is 11.1 Å². The molecule has 1 fully saturated rings. The van der Waals surface area contributed by atoms with E-state index in [-0.39, 0.29) is 18.0 Å². The fourth-order valence-electron chi connectivity index (χ4n) is 5.26. The van der Waals surface area contributed by atoms with Gasteiger partial charge in [0.1, 0.15) is 0 Å². The number of halogens is 1. The quantitative estimate of drug-likeness (QED) is 0.483. The lowest BCUT2D eigenvalue weighted by Gasteiger charge is -2.39. The van der Waals surface area contributed by atoms with E-state index in [1.165, 1.54) is 0 Å². The minimum Gasteiger partial charge on any atom is -0.449 e. The predicted molar refractivity (Wildman–Crippen MR) is 139 cm³/mol. The second-order valence-corrected chi connectivity index (χ2v) is 10.1. The maximum absolute atomic E-state index is 13.4. The number of hydrogen-bond donors (Lipinski definition) is 0. The summed E-state index contributed by atoms with van der Waals surface area (Å²) in [4.78, 5) is 38.7. The SMILES string of the molecule is CCCOC(=O)N1CCN(C(=O)c2ccc3c(Cl)c4c(nc3c2)CC(c2ccccn2)CC4)[C@@H](C)C1. The zero-order valence-corrected chi connectivity index (χ0v) is 21.5. The van der Waals surface area contributed by atoms with E-state index in [1.54, 1.807) is 4.90 Å². The number of amides is 2. The van der Waals surface area contributed by atoms with Crippen molar-refractivity contribution >= 4 is 34.5 Å². The Hall–Kier alpha value is -3.19. The van der Waals surface area contributed by atoms with Crippen LogP contribution in [0.25, 0.3) is 10.9 Å². The van der Waals surface area contributed by atoms with Gasteiger partial charge in [-0.05, 0) is 62.4 Å². The van der Waals surface area contributed by atoms with Crippen molar-refractivity contribution in [3.05, 3.63) is 70.1 Å². The summed E-state index contributed by atoms with van der Waals surface area (Å²) < 4.78 is 5.26. The topological polar surface area (TPSA) is 75.6 Å². The Labute approximate surface area is 216 Å². The Balaban J connectivity index is 1.36. The van der Waals surface area contributed by atoms with E-state index < -0.39 is 0 Å². The number of benzene rings is 1. The molecule has 0 spiro atoms. The second-order valence-electron chi connectivity index (χ2n) is 9.69. The van der Waals surface area contributed by atoms with Crippen LogP contribution in [0.5, 0.6) is 0 Å². The molecule has 36 heavy (non-hydrogen) atoms. The largest absolute Gasteiger partial charge is 0.449 e. The van der Waals surface area contributed by atoms with Crippen molar-refractivity contribution in [2.75, 3.05) is 26.2 Å². The van der Waals surface area contributed by atoms with Gasteiger partial charge >= 0.3 is 6.09 Å². The molecule has 3 heterocycles. The highest BCUT2D eigenvalue weighted by Crippen LogP contribution is 2.37. The summed E-state index contributed by atoms with van der Waals surface area (Å²) in [5.74, 6) is 0.249. The van der Waals surface area contributed by atoms with E-state index in [1.807, 2.05) is 55.3 Å². The molecule has 1 aliphatic carbocycles. The highest BCUT2D eigenvalue weighted by Gasteiger charge is 2.31. The molecule has 8 heteroatoms. The average molecular weight is 507 g/mol. The van der Waals surface area contributed by atoms with Crippen LogP contribution in [0.1, 0.15) is 59.9 Å². The molecule has 5 rings (SSSR count). The lowest BCUT2D eigenvalue weighted by atomic mass is 9.84. The number of aromatic nitrogens is 2. The average Bonchev–Trinajstić information content (AvgIpc) is 2.91. The zero-order chi connectivity index (χ0) is 25.2. The minimum absolute atomic E-state index is 0.0621. The molecule has 7 nitrogen and oxygen atoms in total. The van der Waals surface area contributed by atoms with Gasteiger partial charge in [-0.1, -0.05) is 30.7 Å². The molecule has 1 aromatic carbocycles. The van der Waals surface area contributed by atoms with Gasteiger partial charge in [0, 0.05) is 60.1 Å². The van der Waals surface area contributed by atoms with Crippen LogP contribution in [0.4, 0.5) is 4.79 Å². The summed E-state index contributed by atoms with van der Waals surface area (Å²) in [6.45, 7) is 5.70. The van der Waals surface area contributed by atoms with Crippen molar-refractivity contribution in [1.29, 1.82) is 0 Å². The number of ether oxygens (including phenoxy) is 1. The molecule has 0 radical (unpaired) electrons. The third-order valence-electron chi connectivity index (χ3n) is 7.21. The Morgan fingerprint density at radius 3 is 2.81 bits per heavy atom.